The van der Waals surface area contributed by atoms with E-state index < -0.39 is 0 Å². The van der Waals surface area contributed by atoms with Crippen molar-refractivity contribution in [3.63, 3.8) is 0 Å². The first-order valence-electron chi connectivity index (χ1n) is 5.74. The summed E-state index contributed by atoms with van der Waals surface area (Å²) in [6.45, 7) is 2.14. The van der Waals surface area contributed by atoms with Crippen LogP contribution in [-0.2, 0) is 11.8 Å². The monoisotopic (exact) mass is 258 g/mol. The normalized spacial score (nSPS) is 18.8. The summed E-state index contributed by atoms with van der Waals surface area (Å²) in [6.07, 6.45) is 4.56. The van der Waals surface area contributed by atoms with Crippen LogP contribution in [0.5, 0.6) is 0 Å². The molecule has 96 valence electrons. The highest BCUT2D eigenvalue weighted by Gasteiger charge is 2.15. The highest BCUT2D eigenvalue weighted by atomic mass is 35.5. The van der Waals surface area contributed by atoms with Gasteiger partial charge in [-0.2, -0.15) is 5.10 Å². The molecule has 0 aliphatic carbocycles. The van der Waals surface area contributed by atoms with Gasteiger partial charge in [-0.3, -0.25) is 9.48 Å². The van der Waals surface area contributed by atoms with Gasteiger partial charge in [0.1, 0.15) is 0 Å². The fraction of sp³-hybridized carbons (Fsp3) is 0.636. The maximum absolute atomic E-state index is 11.6. The molecule has 1 atom stereocenters. The molecule has 0 bridgehead atoms. The number of rotatable bonds is 4. The highest BCUT2D eigenvalue weighted by Crippen LogP contribution is 2.14. The Balaban J connectivity index is 0.00000144. The van der Waals surface area contributed by atoms with Crippen molar-refractivity contribution in [1.82, 2.24) is 15.1 Å². The molecule has 17 heavy (non-hydrogen) atoms. The van der Waals surface area contributed by atoms with Crippen molar-refractivity contribution < 1.29 is 4.79 Å². The number of amides is 1. The Kier molecular flexibility index (Phi) is 5.44. The van der Waals surface area contributed by atoms with Crippen LogP contribution in [-0.4, -0.2) is 28.8 Å². The number of carbonyl (C=O) groups excluding carboxylic acids is 1. The molecule has 1 unspecified atom stereocenters. The Morgan fingerprint density at radius 1 is 1.71 bits per heavy atom. The average molecular weight is 259 g/mol. The van der Waals surface area contributed by atoms with E-state index in [4.69, 9.17) is 0 Å². The summed E-state index contributed by atoms with van der Waals surface area (Å²) >= 11 is 0. The number of carbonyl (C=O) groups is 1. The molecular weight excluding hydrogens is 240 g/mol. The highest BCUT2D eigenvalue weighted by molar-refractivity contribution is 5.89. The predicted molar refractivity (Wildman–Crippen MR) is 69.3 cm³/mol. The zero-order valence-electron chi connectivity index (χ0n) is 9.98. The molecule has 2 N–H and O–H groups in total. The lowest BCUT2D eigenvalue weighted by Crippen LogP contribution is -2.15. The van der Waals surface area contributed by atoms with Crippen LogP contribution in [0.15, 0.2) is 12.3 Å². The molecule has 0 radical (unpaired) electrons. The molecule has 1 aliphatic rings. The molecule has 0 saturated carbocycles. The van der Waals surface area contributed by atoms with Gasteiger partial charge in [-0.25, -0.2) is 0 Å². The standard InChI is InChI=1S/C11H18N4O.ClH/c1-15-7-5-10(14-15)13-11(16)3-2-9-4-6-12-8-9;/h5,7,9,12H,2-4,6,8H2,1H3,(H,13,14,16);1H. The van der Waals surface area contributed by atoms with Gasteiger partial charge in [-0.15, -0.1) is 12.4 Å². The summed E-state index contributed by atoms with van der Waals surface area (Å²) < 4.78 is 1.68. The second-order valence-corrected chi connectivity index (χ2v) is 4.32. The number of nitrogens with zero attached hydrogens (tertiary/aromatic N) is 2. The van der Waals surface area contributed by atoms with E-state index in [2.05, 4.69) is 15.7 Å². The lowest BCUT2D eigenvalue weighted by Gasteiger charge is -2.07. The number of aryl methyl sites for hydroxylation is 1. The van der Waals surface area contributed by atoms with Crippen molar-refractivity contribution in [3.05, 3.63) is 12.3 Å². The lowest BCUT2D eigenvalue weighted by atomic mass is 10.0. The van der Waals surface area contributed by atoms with Gasteiger partial charge in [-0.1, -0.05) is 0 Å². The minimum absolute atomic E-state index is 0. The van der Waals surface area contributed by atoms with Crippen molar-refractivity contribution in [2.24, 2.45) is 13.0 Å². The summed E-state index contributed by atoms with van der Waals surface area (Å²) in [6, 6.07) is 1.80. The second-order valence-electron chi connectivity index (χ2n) is 4.32. The second kappa shape index (κ2) is 6.61. The van der Waals surface area contributed by atoms with Crippen LogP contribution in [0.25, 0.3) is 0 Å². The van der Waals surface area contributed by atoms with E-state index in [1.807, 2.05) is 13.2 Å². The number of nitrogens with one attached hydrogen (secondary N) is 2. The number of hydrogen-bond donors (Lipinski definition) is 2. The van der Waals surface area contributed by atoms with Gasteiger partial charge < -0.3 is 10.6 Å². The maximum atomic E-state index is 11.6. The van der Waals surface area contributed by atoms with Crippen LogP contribution in [0.2, 0.25) is 0 Å². The van der Waals surface area contributed by atoms with Gasteiger partial charge in [0, 0.05) is 25.7 Å². The molecule has 1 aliphatic heterocycles. The third-order valence-corrected chi connectivity index (χ3v) is 2.92. The Labute approximate surface area is 107 Å². The zero-order chi connectivity index (χ0) is 11.4. The van der Waals surface area contributed by atoms with Gasteiger partial charge in [0.25, 0.3) is 0 Å². The fourth-order valence-electron chi connectivity index (χ4n) is 1.98. The molecule has 1 fully saturated rings. The van der Waals surface area contributed by atoms with Crippen molar-refractivity contribution in [3.8, 4) is 0 Å². The maximum Gasteiger partial charge on any atom is 0.225 e. The van der Waals surface area contributed by atoms with Gasteiger partial charge >= 0.3 is 0 Å². The minimum atomic E-state index is 0. The van der Waals surface area contributed by atoms with E-state index in [1.54, 1.807) is 10.7 Å². The van der Waals surface area contributed by atoms with E-state index in [0.29, 0.717) is 18.2 Å². The summed E-state index contributed by atoms with van der Waals surface area (Å²) in [5.74, 6) is 1.36. The number of aromatic nitrogens is 2. The average Bonchev–Trinajstić information content (AvgIpc) is 2.87. The molecule has 1 aromatic rings. The largest absolute Gasteiger partial charge is 0.316 e. The molecule has 0 aromatic carbocycles. The first kappa shape index (κ1) is 14.0. The molecule has 2 rings (SSSR count). The van der Waals surface area contributed by atoms with Crippen molar-refractivity contribution in [2.45, 2.75) is 19.3 Å². The fourth-order valence-corrected chi connectivity index (χ4v) is 1.98. The Hall–Kier alpha value is -1.07. The van der Waals surface area contributed by atoms with E-state index in [-0.39, 0.29) is 18.3 Å². The van der Waals surface area contributed by atoms with E-state index in [0.717, 1.165) is 19.5 Å². The first-order valence-corrected chi connectivity index (χ1v) is 5.74. The Morgan fingerprint density at radius 2 is 2.53 bits per heavy atom. The van der Waals surface area contributed by atoms with Gasteiger partial charge in [0.05, 0.1) is 0 Å². The molecule has 2 heterocycles. The molecule has 1 amide bonds. The van der Waals surface area contributed by atoms with Crippen molar-refractivity contribution in [1.29, 1.82) is 0 Å². The van der Waals surface area contributed by atoms with Crippen LogP contribution in [0.3, 0.4) is 0 Å². The number of hydrogen-bond acceptors (Lipinski definition) is 3. The molecule has 1 aromatic heterocycles. The molecule has 0 spiro atoms. The molecule has 1 saturated heterocycles. The lowest BCUT2D eigenvalue weighted by molar-refractivity contribution is -0.116. The summed E-state index contributed by atoms with van der Waals surface area (Å²) in [7, 11) is 1.83. The van der Waals surface area contributed by atoms with Crippen LogP contribution < -0.4 is 10.6 Å². The van der Waals surface area contributed by atoms with E-state index >= 15 is 0 Å². The topological polar surface area (TPSA) is 59.0 Å². The quantitative estimate of drug-likeness (QED) is 0.852. The first-order chi connectivity index (χ1) is 7.74. The summed E-state index contributed by atoms with van der Waals surface area (Å²) in [5.41, 5.74) is 0. The van der Waals surface area contributed by atoms with Crippen molar-refractivity contribution >= 4 is 24.1 Å². The van der Waals surface area contributed by atoms with Gasteiger partial charge in [-0.05, 0) is 31.8 Å². The minimum Gasteiger partial charge on any atom is -0.316 e. The van der Waals surface area contributed by atoms with Crippen molar-refractivity contribution in [2.75, 3.05) is 18.4 Å². The van der Waals surface area contributed by atoms with Gasteiger partial charge in [0.2, 0.25) is 5.91 Å². The SMILES string of the molecule is Cl.Cn1ccc(NC(=O)CCC2CCNC2)n1. The third-order valence-electron chi connectivity index (χ3n) is 2.92. The zero-order valence-corrected chi connectivity index (χ0v) is 10.8. The number of halogens is 1. The smallest absolute Gasteiger partial charge is 0.225 e. The van der Waals surface area contributed by atoms with Crippen LogP contribution in [0.1, 0.15) is 19.3 Å². The van der Waals surface area contributed by atoms with Crippen LogP contribution in [0.4, 0.5) is 5.82 Å². The van der Waals surface area contributed by atoms with Gasteiger partial charge in [0.15, 0.2) is 5.82 Å². The Bertz CT molecular complexity index is 360. The van der Waals surface area contributed by atoms with Crippen LogP contribution in [0, 0.1) is 5.92 Å². The van der Waals surface area contributed by atoms with E-state index in [9.17, 15) is 4.79 Å². The third kappa shape index (κ3) is 4.36. The van der Waals surface area contributed by atoms with E-state index in [1.165, 1.54) is 6.42 Å². The predicted octanol–water partition coefficient (Wildman–Crippen LogP) is 1.17. The number of anilines is 1. The molecular formula is C11H19ClN4O. The molecule has 6 heteroatoms. The summed E-state index contributed by atoms with van der Waals surface area (Å²) in [4.78, 5) is 11.6. The van der Waals surface area contributed by atoms with Crippen LogP contribution >= 0.6 is 12.4 Å². The Morgan fingerprint density at radius 3 is 3.12 bits per heavy atom. The molecule has 5 nitrogen and oxygen atoms in total. The summed E-state index contributed by atoms with van der Waals surface area (Å²) in [5, 5.41) is 10.2.